The Balaban J connectivity index is 1.23. The molecule has 10 heteroatoms. The lowest BCUT2D eigenvalue weighted by atomic mass is 10.1. The summed E-state index contributed by atoms with van der Waals surface area (Å²) in [6.45, 7) is 0. The van der Waals surface area contributed by atoms with Crippen molar-refractivity contribution in [1.29, 1.82) is 0 Å². The van der Waals surface area contributed by atoms with Crippen molar-refractivity contribution in [2.45, 2.75) is 36.5 Å². The molecule has 1 aliphatic carbocycles. The minimum atomic E-state index is -0.0533. The number of rotatable bonds is 7. The van der Waals surface area contributed by atoms with Crippen molar-refractivity contribution in [2.24, 2.45) is 5.10 Å². The van der Waals surface area contributed by atoms with Gasteiger partial charge in [-0.1, -0.05) is 23.9 Å². The van der Waals surface area contributed by atoms with Gasteiger partial charge in [0, 0.05) is 35.3 Å². The van der Waals surface area contributed by atoms with Gasteiger partial charge in [0.1, 0.15) is 0 Å². The van der Waals surface area contributed by atoms with Crippen LogP contribution >= 0.6 is 34.4 Å². The number of thiophene rings is 2. The number of thioether (sulfide) groups is 1. The molecule has 166 valence electrons. The molecule has 0 radical (unpaired) electrons. The molecule has 0 aromatic carbocycles. The normalized spacial score (nSPS) is 18.0. The van der Waals surface area contributed by atoms with Gasteiger partial charge in [0.25, 0.3) is 5.91 Å². The minimum Gasteiger partial charge on any atom is -0.299 e. The van der Waals surface area contributed by atoms with Crippen LogP contribution in [0.5, 0.6) is 0 Å². The van der Waals surface area contributed by atoms with E-state index in [1.54, 1.807) is 40.1 Å². The predicted molar refractivity (Wildman–Crippen MR) is 132 cm³/mol. The predicted octanol–water partition coefficient (Wildman–Crippen LogP) is 5.27. The van der Waals surface area contributed by atoms with Gasteiger partial charge < -0.3 is 0 Å². The third-order valence-corrected chi connectivity index (χ3v) is 8.48. The van der Waals surface area contributed by atoms with Gasteiger partial charge >= 0.3 is 0 Å². The first-order valence-corrected chi connectivity index (χ1v) is 13.5. The molecule has 7 nitrogen and oxygen atoms in total. The number of hydrazone groups is 1. The zero-order valence-corrected chi connectivity index (χ0v) is 20.0. The van der Waals surface area contributed by atoms with Crippen LogP contribution in [0.2, 0.25) is 0 Å². The average molecular weight is 493 g/mol. The lowest BCUT2D eigenvalue weighted by Gasteiger charge is -2.20. The van der Waals surface area contributed by atoms with Gasteiger partial charge in [-0.15, -0.1) is 32.9 Å². The average Bonchev–Trinajstić information content (AvgIpc) is 3.34. The van der Waals surface area contributed by atoms with E-state index >= 15 is 0 Å². The summed E-state index contributed by atoms with van der Waals surface area (Å²) in [6, 6.07) is 12.4. The summed E-state index contributed by atoms with van der Waals surface area (Å²) in [5.74, 6) is 1.07. The largest absolute Gasteiger partial charge is 0.299 e. The van der Waals surface area contributed by atoms with Crippen molar-refractivity contribution in [3.63, 3.8) is 0 Å². The Morgan fingerprint density at radius 2 is 1.97 bits per heavy atom. The fourth-order valence-corrected chi connectivity index (χ4v) is 6.35. The van der Waals surface area contributed by atoms with Crippen LogP contribution < -0.4 is 0 Å². The highest BCUT2D eigenvalue weighted by molar-refractivity contribution is 7.99. The smallest absolute Gasteiger partial charge is 0.253 e. The first kappa shape index (κ1) is 20.8. The zero-order chi connectivity index (χ0) is 22.2. The van der Waals surface area contributed by atoms with E-state index < -0.39 is 0 Å². The Morgan fingerprint density at radius 1 is 1.09 bits per heavy atom. The molecular formula is C23H20N6OS3. The molecule has 1 aliphatic heterocycles. The summed E-state index contributed by atoms with van der Waals surface area (Å²) < 4.78 is 2.16. The second-order valence-corrected chi connectivity index (χ2v) is 10.8. The van der Waals surface area contributed by atoms with Crippen LogP contribution in [-0.4, -0.2) is 42.1 Å². The summed E-state index contributed by atoms with van der Waals surface area (Å²) in [5, 5.41) is 20.2. The van der Waals surface area contributed by atoms with Gasteiger partial charge in [-0.25, -0.2) is 5.01 Å². The van der Waals surface area contributed by atoms with Crippen molar-refractivity contribution >= 4 is 46.1 Å². The molecule has 4 aromatic rings. The molecule has 1 fully saturated rings. The molecule has 0 bridgehead atoms. The van der Waals surface area contributed by atoms with E-state index in [1.807, 2.05) is 35.0 Å². The van der Waals surface area contributed by atoms with Crippen molar-refractivity contribution < 1.29 is 4.79 Å². The molecule has 6 rings (SSSR count). The number of aromatic nitrogens is 4. The molecule has 0 N–H and O–H groups in total. The summed E-state index contributed by atoms with van der Waals surface area (Å²) >= 11 is 4.76. The van der Waals surface area contributed by atoms with Crippen LogP contribution in [0.15, 0.2) is 69.8 Å². The van der Waals surface area contributed by atoms with Crippen LogP contribution in [0.3, 0.4) is 0 Å². The van der Waals surface area contributed by atoms with E-state index in [4.69, 9.17) is 5.10 Å². The summed E-state index contributed by atoms with van der Waals surface area (Å²) in [7, 11) is 0. The fraction of sp³-hybridized carbons (Fsp3) is 0.261. The second-order valence-electron chi connectivity index (χ2n) is 7.94. The monoisotopic (exact) mass is 492 g/mol. The topological polar surface area (TPSA) is 76.3 Å². The molecule has 4 aromatic heterocycles. The molecule has 5 heterocycles. The van der Waals surface area contributed by atoms with Crippen molar-refractivity contribution in [3.05, 3.63) is 69.3 Å². The first-order chi connectivity index (χ1) is 16.3. The lowest BCUT2D eigenvalue weighted by Crippen LogP contribution is -2.28. The SMILES string of the molecule is O=C(CSc1nnc(-c2cccnc2)n1C1CC1)N1N=C(c2cccs2)C[C@H]1c1cccs1. The number of hydrogen-bond acceptors (Lipinski definition) is 8. The Kier molecular flexibility index (Phi) is 5.57. The Labute approximate surface area is 203 Å². The van der Waals surface area contributed by atoms with Crippen molar-refractivity contribution in [2.75, 3.05) is 5.75 Å². The highest BCUT2D eigenvalue weighted by atomic mass is 32.2. The van der Waals surface area contributed by atoms with E-state index in [-0.39, 0.29) is 17.7 Å². The van der Waals surface area contributed by atoms with E-state index in [9.17, 15) is 4.79 Å². The molecule has 0 unspecified atom stereocenters. The van der Waals surface area contributed by atoms with Crippen LogP contribution in [0, 0.1) is 0 Å². The molecule has 33 heavy (non-hydrogen) atoms. The fourth-order valence-electron chi connectivity index (χ4n) is 3.96. The van der Waals surface area contributed by atoms with Crippen LogP contribution in [0.25, 0.3) is 11.4 Å². The summed E-state index contributed by atoms with van der Waals surface area (Å²) in [5.41, 5.74) is 1.92. The van der Waals surface area contributed by atoms with Gasteiger partial charge in [-0.2, -0.15) is 5.10 Å². The Bertz CT molecular complexity index is 1280. The van der Waals surface area contributed by atoms with Crippen LogP contribution in [-0.2, 0) is 4.79 Å². The molecule has 0 spiro atoms. The minimum absolute atomic E-state index is 0.0155. The van der Waals surface area contributed by atoms with Crippen LogP contribution in [0.4, 0.5) is 0 Å². The highest BCUT2D eigenvalue weighted by Crippen LogP contribution is 2.41. The van der Waals surface area contributed by atoms with Crippen molar-refractivity contribution in [3.8, 4) is 11.4 Å². The molecule has 2 aliphatic rings. The quantitative estimate of drug-likeness (QED) is 0.329. The van der Waals surface area contributed by atoms with Gasteiger partial charge in [-0.05, 0) is 47.9 Å². The van der Waals surface area contributed by atoms with Gasteiger partial charge in [0.2, 0.25) is 0 Å². The molecule has 1 atom stereocenters. The molecule has 1 saturated carbocycles. The first-order valence-electron chi connectivity index (χ1n) is 10.7. The second kappa shape index (κ2) is 8.85. The van der Waals surface area contributed by atoms with E-state index in [0.717, 1.165) is 51.3 Å². The Hall–Kier alpha value is -2.82. The van der Waals surface area contributed by atoms with Crippen molar-refractivity contribution in [1.82, 2.24) is 24.8 Å². The molecule has 1 amide bonds. The molecular weight excluding hydrogens is 472 g/mol. The standard InChI is InChI=1S/C23H20N6OS3/c30-21(29-18(20-6-3-11-32-20)12-17(27-29)19-5-2-10-31-19)14-33-23-26-25-22(28(23)16-7-8-16)15-4-1-9-24-13-15/h1-6,9-11,13,16,18H,7-8,12,14H2/t18-/m0/s1. The number of pyridine rings is 1. The zero-order valence-electron chi connectivity index (χ0n) is 17.6. The third-order valence-electron chi connectivity index (χ3n) is 5.66. The maximum absolute atomic E-state index is 13.4. The number of carbonyl (C=O) groups excluding carboxylic acids is 1. The maximum atomic E-state index is 13.4. The van der Waals surface area contributed by atoms with E-state index in [1.165, 1.54) is 11.8 Å². The number of carbonyl (C=O) groups is 1. The van der Waals surface area contributed by atoms with Crippen LogP contribution in [0.1, 0.15) is 41.1 Å². The number of hydrogen-bond donors (Lipinski definition) is 0. The van der Waals surface area contributed by atoms with Gasteiger partial charge in [0.15, 0.2) is 11.0 Å². The highest BCUT2D eigenvalue weighted by Gasteiger charge is 2.35. The Morgan fingerprint density at radius 3 is 2.70 bits per heavy atom. The maximum Gasteiger partial charge on any atom is 0.253 e. The third kappa shape index (κ3) is 4.14. The van der Waals surface area contributed by atoms with Gasteiger partial charge in [0.05, 0.1) is 22.4 Å². The van der Waals surface area contributed by atoms with Gasteiger partial charge in [-0.3, -0.25) is 14.3 Å². The molecule has 0 saturated heterocycles. The lowest BCUT2D eigenvalue weighted by molar-refractivity contribution is -0.130. The number of amides is 1. The number of nitrogens with zero attached hydrogens (tertiary/aromatic N) is 6. The summed E-state index contributed by atoms with van der Waals surface area (Å²) in [6.07, 6.45) is 6.50. The van der Waals surface area contributed by atoms with E-state index in [0.29, 0.717) is 6.04 Å². The van der Waals surface area contributed by atoms with E-state index in [2.05, 4.69) is 31.9 Å². The summed E-state index contributed by atoms with van der Waals surface area (Å²) in [4.78, 5) is 19.8.